The van der Waals surface area contributed by atoms with Gasteiger partial charge in [0.05, 0.1) is 12.7 Å². The topological polar surface area (TPSA) is 45.9 Å². The Balaban J connectivity index is 1.71. The Hall–Kier alpha value is -2.96. The Bertz CT molecular complexity index is 765. The standard InChI is InChI=1S/C22H20N2O/c23-15-21-13-12-20(16-24-21)22(14-11-18-7-3-1-4-8-18)25-17-19-9-5-2-6-10-19/h1-10,12-13,16,22H,11,14,17H2. The summed E-state index contributed by atoms with van der Waals surface area (Å²) < 4.78 is 6.19. The van der Waals surface area contributed by atoms with Gasteiger partial charge in [0.25, 0.3) is 0 Å². The average Bonchev–Trinajstić information content (AvgIpc) is 2.70. The molecule has 3 heteroatoms. The summed E-state index contributed by atoms with van der Waals surface area (Å²) in [4.78, 5) is 4.19. The Morgan fingerprint density at radius 3 is 2.16 bits per heavy atom. The first kappa shape index (κ1) is 16.9. The average molecular weight is 328 g/mol. The second-order valence-corrected chi connectivity index (χ2v) is 5.90. The fourth-order valence-electron chi connectivity index (χ4n) is 2.72. The first-order chi connectivity index (χ1) is 12.3. The molecule has 0 aliphatic carbocycles. The summed E-state index contributed by atoms with van der Waals surface area (Å²) in [5.41, 5.74) is 3.87. The molecule has 0 saturated heterocycles. The van der Waals surface area contributed by atoms with Crippen LogP contribution in [0.25, 0.3) is 0 Å². The predicted molar refractivity (Wildman–Crippen MR) is 97.7 cm³/mol. The maximum atomic E-state index is 8.93. The third kappa shape index (κ3) is 5.00. The van der Waals surface area contributed by atoms with Crippen LogP contribution in [0.5, 0.6) is 0 Å². The molecular formula is C22H20N2O. The maximum absolute atomic E-state index is 8.93. The van der Waals surface area contributed by atoms with Gasteiger partial charge in [-0.05, 0) is 35.6 Å². The number of aromatic nitrogens is 1. The van der Waals surface area contributed by atoms with Gasteiger partial charge in [-0.2, -0.15) is 5.26 Å². The first-order valence-corrected chi connectivity index (χ1v) is 8.40. The molecule has 2 aromatic carbocycles. The van der Waals surface area contributed by atoms with E-state index in [1.54, 1.807) is 12.3 Å². The van der Waals surface area contributed by atoms with E-state index in [1.165, 1.54) is 5.56 Å². The lowest BCUT2D eigenvalue weighted by Crippen LogP contribution is -2.07. The van der Waals surface area contributed by atoms with Gasteiger partial charge >= 0.3 is 0 Å². The minimum atomic E-state index is -0.0549. The molecule has 0 aliphatic heterocycles. The van der Waals surface area contributed by atoms with Crippen molar-refractivity contribution < 1.29 is 4.74 Å². The number of aryl methyl sites for hydroxylation is 1. The zero-order valence-corrected chi connectivity index (χ0v) is 14.0. The van der Waals surface area contributed by atoms with Gasteiger partial charge in [-0.1, -0.05) is 66.7 Å². The van der Waals surface area contributed by atoms with E-state index in [0.29, 0.717) is 12.3 Å². The number of hydrogen-bond donors (Lipinski definition) is 0. The number of benzene rings is 2. The van der Waals surface area contributed by atoms with E-state index in [-0.39, 0.29) is 6.10 Å². The summed E-state index contributed by atoms with van der Waals surface area (Å²) in [6.45, 7) is 0.556. The molecule has 25 heavy (non-hydrogen) atoms. The van der Waals surface area contributed by atoms with Crippen molar-refractivity contribution in [3.8, 4) is 6.07 Å². The predicted octanol–water partition coefficient (Wildman–Crippen LogP) is 4.84. The highest BCUT2D eigenvalue weighted by Crippen LogP contribution is 2.24. The fourth-order valence-corrected chi connectivity index (χ4v) is 2.72. The Morgan fingerprint density at radius 1 is 0.880 bits per heavy atom. The van der Waals surface area contributed by atoms with Gasteiger partial charge in [-0.25, -0.2) is 4.98 Å². The molecule has 0 bridgehead atoms. The van der Waals surface area contributed by atoms with E-state index < -0.39 is 0 Å². The van der Waals surface area contributed by atoms with E-state index >= 15 is 0 Å². The molecular weight excluding hydrogens is 308 g/mol. The quantitative estimate of drug-likeness (QED) is 0.623. The molecule has 0 aliphatic rings. The monoisotopic (exact) mass is 328 g/mol. The zero-order valence-electron chi connectivity index (χ0n) is 14.0. The molecule has 1 atom stereocenters. The summed E-state index contributed by atoms with van der Waals surface area (Å²) in [6, 6.07) is 26.3. The summed E-state index contributed by atoms with van der Waals surface area (Å²) in [6.07, 6.45) is 3.49. The molecule has 0 spiro atoms. The Kier molecular flexibility index (Phi) is 5.92. The summed E-state index contributed by atoms with van der Waals surface area (Å²) >= 11 is 0. The van der Waals surface area contributed by atoms with E-state index in [4.69, 9.17) is 10.00 Å². The van der Waals surface area contributed by atoms with E-state index in [0.717, 1.165) is 24.0 Å². The third-order valence-electron chi connectivity index (χ3n) is 4.10. The van der Waals surface area contributed by atoms with Crippen LogP contribution in [0, 0.1) is 11.3 Å². The lowest BCUT2D eigenvalue weighted by atomic mass is 10.0. The fraction of sp³-hybridized carbons (Fsp3) is 0.182. The maximum Gasteiger partial charge on any atom is 0.140 e. The molecule has 3 aromatic rings. The highest BCUT2D eigenvalue weighted by atomic mass is 16.5. The van der Waals surface area contributed by atoms with Crippen LogP contribution < -0.4 is 0 Å². The van der Waals surface area contributed by atoms with Gasteiger partial charge in [-0.3, -0.25) is 0 Å². The minimum absolute atomic E-state index is 0.0549. The molecule has 1 aromatic heterocycles. The molecule has 1 unspecified atom stereocenters. The van der Waals surface area contributed by atoms with Crippen molar-refractivity contribution in [3.05, 3.63) is 101 Å². The second kappa shape index (κ2) is 8.77. The largest absolute Gasteiger partial charge is 0.369 e. The van der Waals surface area contributed by atoms with Gasteiger partial charge in [0, 0.05) is 6.20 Å². The Labute approximate surface area is 148 Å². The van der Waals surface area contributed by atoms with Crippen molar-refractivity contribution in [2.45, 2.75) is 25.6 Å². The highest BCUT2D eigenvalue weighted by Gasteiger charge is 2.13. The van der Waals surface area contributed by atoms with Gasteiger partial charge in [0.15, 0.2) is 0 Å². The molecule has 0 N–H and O–H groups in total. The molecule has 1 heterocycles. The van der Waals surface area contributed by atoms with Crippen molar-refractivity contribution >= 4 is 0 Å². The molecule has 0 saturated carbocycles. The number of pyridine rings is 1. The van der Waals surface area contributed by atoms with E-state index in [1.807, 2.05) is 30.3 Å². The van der Waals surface area contributed by atoms with Crippen LogP contribution >= 0.6 is 0 Å². The van der Waals surface area contributed by atoms with Gasteiger partial charge in [0.1, 0.15) is 11.8 Å². The van der Waals surface area contributed by atoms with Crippen LogP contribution in [-0.4, -0.2) is 4.98 Å². The van der Waals surface area contributed by atoms with Crippen molar-refractivity contribution in [2.24, 2.45) is 0 Å². The summed E-state index contributed by atoms with van der Waals surface area (Å²) in [7, 11) is 0. The second-order valence-electron chi connectivity index (χ2n) is 5.90. The van der Waals surface area contributed by atoms with Crippen molar-refractivity contribution in [2.75, 3.05) is 0 Å². The minimum Gasteiger partial charge on any atom is -0.369 e. The van der Waals surface area contributed by atoms with Gasteiger partial charge < -0.3 is 4.74 Å². The van der Waals surface area contributed by atoms with Crippen LogP contribution in [0.1, 0.15) is 34.9 Å². The van der Waals surface area contributed by atoms with Crippen LogP contribution in [0.15, 0.2) is 79.0 Å². The third-order valence-corrected chi connectivity index (χ3v) is 4.10. The van der Waals surface area contributed by atoms with Crippen LogP contribution in [0.3, 0.4) is 0 Å². The number of nitrogens with zero attached hydrogens (tertiary/aromatic N) is 2. The lowest BCUT2D eigenvalue weighted by Gasteiger charge is -2.18. The summed E-state index contributed by atoms with van der Waals surface area (Å²) in [5.74, 6) is 0. The van der Waals surface area contributed by atoms with Crippen molar-refractivity contribution in [3.63, 3.8) is 0 Å². The van der Waals surface area contributed by atoms with Crippen LogP contribution in [0.2, 0.25) is 0 Å². The van der Waals surface area contributed by atoms with Crippen molar-refractivity contribution in [1.82, 2.24) is 4.98 Å². The number of ether oxygens (including phenoxy) is 1. The van der Waals surface area contributed by atoms with Crippen molar-refractivity contribution in [1.29, 1.82) is 5.26 Å². The number of nitriles is 1. The molecule has 3 nitrogen and oxygen atoms in total. The normalized spacial score (nSPS) is 11.6. The lowest BCUT2D eigenvalue weighted by molar-refractivity contribution is 0.0338. The molecule has 0 amide bonds. The van der Waals surface area contributed by atoms with E-state index in [2.05, 4.69) is 47.5 Å². The van der Waals surface area contributed by atoms with Gasteiger partial charge in [-0.15, -0.1) is 0 Å². The number of hydrogen-bond acceptors (Lipinski definition) is 3. The SMILES string of the molecule is N#Cc1ccc(C(CCc2ccccc2)OCc2ccccc2)cn1. The van der Waals surface area contributed by atoms with Crippen LogP contribution in [0.4, 0.5) is 0 Å². The Morgan fingerprint density at radius 2 is 1.56 bits per heavy atom. The molecule has 0 radical (unpaired) electrons. The molecule has 124 valence electrons. The molecule has 0 fully saturated rings. The highest BCUT2D eigenvalue weighted by molar-refractivity contribution is 5.25. The van der Waals surface area contributed by atoms with Gasteiger partial charge in [0.2, 0.25) is 0 Å². The summed E-state index contributed by atoms with van der Waals surface area (Å²) in [5, 5.41) is 8.93. The number of rotatable bonds is 7. The molecule has 3 rings (SSSR count). The van der Waals surface area contributed by atoms with Crippen LogP contribution in [-0.2, 0) is 17.8 Å². The smallest absolute Gasteiger partial charge is 0.140 e. The zero-order chi connectivity index (χ0) is 17.3. The van der Waals surface area contributed by atoms with E-state index in [9.17, 15) is 0 Å². The first-order valence-electron chi connectivity index (χ1n) is 8.40.